The maximum absolute atomic E-state index is 13.1. The maximum Gasteiger partial charge on any atom is 0.280 e. The number of hydrogen-bond acceptors (Lipinski definition) is 8. The van der Waals surface area contributed by atoms with Crippen molar-refractivity contribution in [3.8, 4) is 0 Å². The van der Waals surface area contributed by atoms with E-state index in [1.807, 2.05) is 0 Å². The molecule has 0 unspecified atom stereocenters. The molecule has 9 nitrogen and oxygen atoms in total. The van der Waals surface area contributed by atoms with E-state index in [1.54, 1.807) is 0 Å². The Morgan fingerprint density at radius 2 is 2.00 bits per heavy atom. The van der Waals surface area contributed by atoms with E-state index in [1.165, 1.54) is 24.3 Å². The number of aromatic nitrogens is 1. The van der Waals surface area contributed by atoms with Gasteiger partial charge in [0.15, 0.2) is 32.4 Å². The van der Waals surface area contributed by atoms with Gasteiger partial charge < -0.3 is 10.6 Å². The number of halogens is 1. The average Bonchev–Trinajstić information content (AvgIpc) is 3.43. The molecule has 1 aromatic heterocycles. The Kier molecular flexibility index (Phi) is 5.70. The number of amides is 2. The van der Waals surface area contributed by atoms with E-state index in [2.05, 4.69) is 15.5 Å². The summed E-state index contributed by atoms with van der Waals surface area (Å²) >= 11 is 0.614. The van der Waals surface area contributed by atoms with Gasteiger partial charge in [0.05, 0.1) is 16.3 Å². The molecule has 0 spiro atoms. The van der Waals surface area contributed by atoms with Crippen LogP contribution in [0.1, 0.15) is 18.4 Å². The van der Waals surface area contributed by atoms with E-state index in [9.17, 15) is 22.4 Å². The first-order valence-corrected chi connectivity index (χ1v) is 10.4. The zero-order valence-electron chi connectivity index (χ0n) is 14.3. The van der Waals surface area contributed by atoms with E-state index in [-0.39, 0.29) is 26.6 Å². The normalized spacial score (nSPS) is 14.5. The number of nitrogens with zero attached hydrogens (tertiary/aromatic N) is 2. The standard InChI is InChI=1S/C16H15FN4O5S2/c17-12-7-19-16(27-12)20-15(23)14(21-26-8-13(18)22)9-1-3-10(4-2-9)28(24,25)11-5-6-11/h1-4,7,11H,5-6,8H2,(H2,18,22)(H,19,20,23). The summed E-state index contributed by atoms with van der Waals surface area (Å²) in [6.07, 6.45) is 2.20. The number of rotatable bonds is 8. The molecule has 1 aromatic carbocycles. The minimum Gasteiger partial charge on any atom is -0.385 e. The highest BCUT2D eigenvalue weighted by molar-refractivity contribution is 7.92. The van der Waals surface area contributed by atoms with E-state index < -0.39 is 33.4 Å². The number of hydrogen-bond donors (Lipinski definition) is 2. The molecular weight excluding hydrogens is 411 g/mol. The zero-order chi connectivity index (χ0) is 20.3. The Labute approximate surface area is 163 Å². The molecule has 3 N–H and O–H groups in total. The van der Waals surface area contributed by atoms with Crippen molar-refractivity contribution < 1.29 is 27.2 Å². The number of oxime groups is 1. The van der Waals surface area contributed by atoms with Gasteiger partial charge >= 0.3 is 0 Å². The number of benzene rings is 1. The molecule has 12 heteroatoms. The number of carbonyl (C=O) groups is 2. The molecule has 1 aliphatic carbocycles. The van der Waals surface area contributed by atoms with Crippen molar-refractivity contribution in [3.63, 3.8) is 0 Å². The van der Waals surface area contributed by atoms with Crippen LogP contribution in [0.3, 0.4) is 0 Å². The van der Waals surface area contributed by atoms with Gasteiger partial charge in [-0.2, -0.15) is 4.39 Å². The molecule has 148 valence electrons. The second-order valence-electron chi connectivity index (χ2n) is 5.87. The number of anilines is 1. The third kappa shape index (κ3) is 4.70. The number of sulfone groups is 1. The molecule has 28 heavy (non-hydrogen) atoms. The molecule has 1 saturated carbocycles. The number of primary amides is 1. The Morgan fingerprint density at radius 1 is 1.32 bits per heavy atom. The van der Waals surface area contributed by atoms with Crippen LogP contribution in [0.4, 0.5) is 9.52 Å². The molecule has 2 aromatic rings. The summed E-state index contributed by atoms with van der Waals surface area (Å²) in [4.78, 5) is 31.9. The number of carbonyl (C=O) groups excluding carboxylic acids is 2. The van der Waals surface area contributed by atoms with Gasteiger partial charge in [0, 0.05) is 5.56 Å². The van der Waals surface area contributed by atoms with Crippen LogP contribution in [-0.4, -0.2) is 42.8 Å². The molecular formula is C16H15FN4O5S2. The summed E-state index contributed by atoms with van der Waals surface area (Å²) < 4.78 is 37.6. The molecule has 0 atom stereocenters. The Morgan fingerprint density at radius 3 is 2.54 bits per heavy atom. The number of nitrogens with one attached hydrogen (secondary N) is 1. The first-order valence-electron chi connectivity index (χ1n) is 8.02. The summed E-state index contributed by atoms with van der Waals surface area (Å²) in [6, 6.07) is 5.51. The fourth-order valence-electron chi connectivity index (χ4n) is 2.23. The smallest absolute Gasteiger partial charge is 0.280 e. The highest BCUT2D eigenvalue weighted by atomic mass is 32.2. The molecule has 1 fully saturated rings. The summed E-state index contributed by atoms with van der Waals surface area (Å²) in [5.74, 6) is -1.58. The summed E-state index contributed by atoms with van der Waals surface area (Å²) in [7, 11) is -3.39. The molecule has 2 amide bonds. The fourth-order valence-corrected chi connectivity index (χ4v) is 4.42. The van der Waals surface area contributed by atoms with Crippen LogP contribution >= 0.6 is 11.3 Å². The van der Waals surface area contributed by atoms with Crippen LogP contribution in [0.2, 0.25) is 0 Å². The SMILES string of the molecule is NC(=O)CON=C(C(=O)Nc1ncc(F)s1)c1ccc(S(=O)(=O)C2CC2)cc1. The van der Waals surface area contributed by atoms with Gasteiger partial charge in [0.25, 0.3) is 11.8 Å². The van der Waals surface area contributed by atoms with Gasteiger partial charge in [-0.05, 0) is 25.0 Å². The highest BCUT2D eigenvalue weighted by Crippen LogP contribution is 2.33. The Bertz CT molecular complexity index is 1030. The van der Waals surface area contributed by atoms with Gasteiger partial charge in [-0.3, -0.25) is 14.9 Å². The van der Waals surface area contributed by atoms with Crippen molar-refractivity contribution in [2.24, 2.45) is 10.9 Å². The van der Waals surface area contributed by atoms with Crippen LogP contribution in [0.25, 0.3) is 0 Å². The van der Waals surface area contributed by atoms with E-state index >= 15 is 0 Å². The summed E-state index contributed by atoms with van der Waals surface area (Å²) in [5, 5.41) is 5.01. The molecule has 1 heterocycles. The quantitative estimate of drug-likeness (QED) is 0.478. The molecule has 3 rings (SSSR count). The lowest BCUT2D eigenvalue weighted by Gasteiger charge is -2.08. The Balaban J connectivity index is 1.85. The Hall–Kier alpha value is -2.86. The van der Waals surface area contributed by atoms with Crippen molar-refractivity contribution in [2.75, 3.05) is 11.9 Å². The molecule has 0 saturated heterocycles. The fraction of sp³-hybridized carbons (Fsp3) is 0.250. The van der Waals surface area contributed by atoms with Crippen molar-refractivity contribution in [3.05, 3.63) is 41.2 Å². The van der Waals surface area contributed by atoms with Gasteiger partial charge in [0.1, 0.15) is 0 Å². The molecule has 0 bridgehead atoms. The van der Waals surface area contributed by atoms with Crippen molar-refractivity contribution >= 4 is 43.8 Å². The topological polar surface area (TPSA) is 141 Å². The predicted octanol–water partition coefficient (Wildman–Crippen LogP) is 1.06. The summed E-state index contributed by atoms with van der Waals surface area (Å²) in [5.41, 5.74) is 4.94. The second-order valence-corrected chi connectivity index (χ2v) is 9.08. The van der Waals surface area contributed by atoms with Crippen LogP contribution < -0.4 is 11.1 Å². The lowest BCUT2D eigenvalue weighted by atomic mass is 10.1. The predicted molar refractivity (Wildman–Crippen MR) is 99.0 cm³/mol. The molecule has 0 radical (unpaired) electrons. The van der Waals surface area contributed by atoms with Crippen LogP contribution in [0, 0.1) is 5.13 Å². The van der Waals surface area contributed by atoms with Gasteiger partial charge in [0.2, 0.25) is 0 Å². The lowest BCUT2D eigenvalue weighted by Crippen LogP contribution is -2.25. The molecule has 1 aliphatic rings. The minimum absolute atomic E-state index is 0.00182. The highest BCUT2D eigenvalue weighted by Gasteiger charge is 2.36. The van der Waals surface area contributed by atoms with Crippen LogP contribution in [0.15, 0.2) is 40.5 Å². The van der Waals surface area contributed by atoms with Crippen LogP contribution in [0.5, 0.6) is 0 Å². The third-order valence-corrected chi connectivity index (χ3v) is 6.67. The number of nitrogens with two attached hydrogens (primary N) is 1. The minimum atomic E-state index is -3.39. The largest absolute Gasteiger partial charge is 0.385 e. The second kappa shape index (κ2) is 8.02. The van der Waals surface area contributed by atoms with Crippen LogP contribution in [-0.2, 0) is 24.3 Å². The monoisotopic (exact) mass is 426 g/mol. The zero-order valence-corrected chi connectivity index (χ0v) is 15.9. The van der Waals surface area contributed by atoms with Gasteiger partial charge in [-0.15, -0.1) is 0 Å². The summed E-state index contributed by atoms with van der Waals surface area (Å²) in [6.45, 7) is -0.559. The van der Waals surface area contributed by atoms with E-state index in [0.717, 1.165) is 6.20 Å². The first-order chi connectivity index (χ1) is 13.3. The molecule has 0 aliphatic heterocycles. The van der Waals surface area contributed by atoms with Crippen molar-refractivity contribution in [2.45, 2.75) is 23.0 Å². The van der Waals surface area contributed by atoms with Crippen molar-refractivity contribution in [1.82, 2.24) is 4.98 Å². The average molecular weight is 426 g/mol. The number of thiazole rings is 1. The lowest BCUT2D eigenvalue weighted by molar-refractivity contribution is -0.122. The van der Waals surface area contributed by atoms with Crippen molar-refractivity contribution in [1.29, 1.82) is 0 Å². The first kappa shape index (κ1) is 19.9. The van der Waals surface area contributed by atoms with Gasteiger partial charge in [-0.25, -0.2) is 13.4 Å². The maximum atomic E-state index is 13.1. The van der Waals surface area contributed by atoms with Gasteiger partial charge in [-0.1, -0.05) is 28.6 Å². The third-order valence-electron chi connectivity index (χ3n) is 3.70. The van der Waals surface area contributed by atoms with E-state index in [0.29, 0.717) is 24.2 Å². The van der Waals surface area contributed by atoms with E-state index in [4.69, 9.17) is 10.6 Å².